The number of halogens is 3. The van der Waals surface area contributed by atoms with Crippen molar-refractivity contribution in [2.45, 2.75) is 32.5 Å². The van der Waals surface area contributed by atoms with Gasteiger partial charge < -0.3 is 15.7 Å². The van der Waals surface area contributed by atoms with E-state index in [1.165, 1.54) is 6.07 Å². The van der Waals surface area contributed by atoms with Crippen LogP contribution < -0.4 is 10.5 Å². The standard InChI is InChI=1S/C12H15F3N2O2/c1-3-7(2)19-10-5-4-8(12(13,14)15)6-9(10)11(16)17-18/h4-7,18H,3H2,1-2H3,(H2,16,17). The van der Waals surface area contributed by atoms with Gasteiger partial charge in [-0.05, 0) is 31.5 Å². The fourth-order valence-corrected chi connectivity index (χ4v) is 1.36. The second-order valence-electron chi connectivity index (χ2n) is 4.03. The summed E-state index contributed by atoms with van der Waals surface area (Å²) in [5.74, 6) is -0.276. The SMILES string of the molecule is CCC(C)Oc1ccc(C(F)(F)F)cc1/C(N)=N/O. The minimum absolute atomic E-state index is 0.0855. The van der Waals surface area contributed by atoms with E-state index < -0.39 is 17.6 Å². The Bertz CT molecular complexity index is 473. The number of alkyl halides is 3. The van der Waals surface area contributed by atoms with Crippen molar-refractivity contribution in [3.8, 4) is 5.75 Å². The number of nitrogens with two attached hydrogens (primary N) is 1. The van der Waals surface area contributed by atoms with Crippen LogP contribution in [0.2, 0.25) is 0 Å². The molecule has 106 valence electrons. The summed E-state index contributed by atoms with van der Waals surface area (Å²) in [4.78, 5) is 0. The molecule has 0 fully saturated rings. The van der Waals surface area contributed by atoms with E-state index in [1.807, 2.05) is 6.92 Å². The van der Waals surface area contributed by atoms with E-state index in [1.54, 1.807) is 6.92 Å². The van der Waals surface area contributed by atoms with Crippen LogP contribution in [-0.2, 0) is 6.18 Å². The smallest absolute Gasteiger partial charge is 0.416 e. The van der Waals surface area contributed by atoms with Gasteiger partial charge in [0.15, 0.2) is 5.84 Å². The van der Waals surface area contributed by atoms with Gasteiger partial charge in [-0.1, -0.05) is 12.1 Å². The molecule has 1 unspecified atom stereocenters. The number of ether oxygens (including phenoxy) is 1. The monoisotopic (exact) mass is 276 g/mol. The highest BCUT2D eigenvalue weighted by atomic mass is 19.4. The fraction of sp³-hybridized carbons (Fsp3) is 0.417. The zero-order chi connectivity index (χ0) is 14.6. The van der Waals surface area contributed by atoms with Crippen LogP contribution in [-0.4, -0.2) is 17.1 Å². The average molecular weight is 276 g/mol. The van der Waals surface area contributed by atoms with Crippen LogP contribution in [0.25, 0.3) is 0 Å². The summed E-state index contributed by atoms with van der Waals surface area (Å²) in [7, 11) is 0. The average Bonchev–Trinajstić information content (AvgIpc) is 2.36. The zero-order valence-corrected chi connectivity index (χ0v) is 10.5. The molecule has 0 aromatic heterocycles. The van der Waals surface area contributed by atoms with Crippen LogP contribution in [0.15, 0.2) is 23.4 Å². The lowest BCUT2D eigenvalue weighted by atomic mass is 10.1. The van der Waals surface area contributed by atoms with Crippen LogP contribution in [0.1, 0.15) is 31.4 Å². The molecule has 0 radical (unpaired) electrons. The number of hydrogen-bond acceptors (Lipinski definition) is 3. The number of nitrogens with zero attached hydrogens (tertiary/aromatic N) is 1. The Kier molecular flexibility index (Phi) is 4.63. The van der Waals surface area contributed by atoms with Crippen LogP contribution in [0, 0.1) is 0 Å². The molecule has 0 saturated carbocycles. The molecular formula is C12H15F3N2O2. The van der Waals surface area contributed by atoms with E-state index in [0.29, 0.717) is 6.42 Å². The molecule has 7 heteroatoms. The number of hydrogen-bond donors (Lipinski definition) is 2. The molecule has 1 atom stereocenters. The van der Waals surface area contributed by atoms with Gasteiger partial charge in [-0.2, -0.15) is 13.2 Å². The van der Waals surface area contributed by atoms with E-state index in [-0.39, 0.29) is 17.4 Å². The van der Waals surface area contributed by atoms with Crippen molar-refractivity contribution in [1.82, 2.24) is 0 Å². The first-order chi connectivity index (χ1) is 8.79. The van der Waals surface area contributed by atoms with Crippen LogP contribution in [0.5, 0.6) is 5.75 Å². The topological polar surface area (TPSA) is 67.8 Å². The van der Waals surface area contributed by atoms with E-state index in [0.717, 1.165) is 12.1 Å². The summed E-state index contributed by atoms with van der Waals surface area (Å²) in [6, 6.07) is 2.86. The van der Waals surface area contributed by atoms with Gasteiger partial charge in [-0.3, -0.25) is 0 Å². The van der Waals surface area contributed by atoms with Crippen molar-refractivity contribution in [3.05, 3.63) is 29.3 Å². The molecule has 1 rings (SSSR count). The Balaban J connectivity index is 3.25. The molecule has 1 aromatic rings. The maximum atomic E-state index is 12.6. The molecular weight excluding hydrogens is 261 g/mol. The second-order valence-corrected chi connectivity index (χ2v) is 4.03. The van der Waals surface area contributed by atoms with Gasteiger partial charge in [0.2, 0.25) is 0 Å². The van der Waals surface area contributed by atoms with E-state index in [4.69, 9.17) is 15.7 Å². The maximum Gasteiger partial charge on any atom is 0.416 e. The number of oxime groups is 1. The van der Waals surface area contributed by atoms with Gasteiger partial charge in [0.1, 0.15) is 5.75 Å². The molecule has 0 bridgehead atoms. The highest BCUT2D eigenvalue weighted by Gasteiger charge is 2.31. The Morgan fingerprint density at radius 2 is 2.11 bits per heavy atom. The number of rotatable bonds is 4. The molecule has 0 heterocycles. The highest BCUT2D eigenvalue weighted by Crippen LogP contribution is 2.32. The van der Waals surface area contributed by atoms with Gasteiger partial charge in [0.25, 0.3) is 0 Å². The predicted octanol–water partition coefficient (Wildman–Crippen LogP) is 2.98. The molecule has 1 aromatic carbocycles. The Morgan fingerprint density at radius 3 is 2.58 bits per heavy atom. The van der Waals surface area contributed by atoms with Crippen molar-refractivity contribution in [2.24, 2.45) is 10.9 Å². The van der Waals surface area contributed by atoms with Crippen LogP contribution in [0.4, 0.5) is 13.2 Å². The molecule has 4 nitrogen and oxygen atoms in total. The molecule has 0 amide bonds. The third-order valence-corrected chi connectivity index (χ3v) is 2.59. The first-order valence-corrected chi connectivity index (χ1v) is 5.65. The highest BCUT2D eigenvalue weighted by molar-refractivity contribution is 5.99. The summed E-state index contributed by atoms with van der Waals surface area (Å²) in [5.41, 5.74) is 4.41. The summed E-state index contributed by atoms with van der Waals surface area (Å²) >= 11 is 0. The molecule has 0 aliphatic rings. The Labute approximate surface area is 108 Å². The first-order valence-electron chi connectivity index (χ1n) is 5.65. The van der Waals surface area contributed by atoms with E-state index in [9.17, 15) is 13.2 Å². The molecule has 19 heavy (non-hydrogen) atoms. The van der Waals surface area contributed by atoms with Crippen molar-refractivity contribution < 1.29 is 23.1 Å². The normalized spacial score (nSPS) is 14.3. The van der Waals surface area contributed by atoms with Gasteiger partial charge in [-0.25, -0.2) is 0 Å². The second kappa shape index (κ2) is 5.81. The van der Waals surface area contributed by atoms with Crippen molar-refractivity contribution in [1.29, 1.82) is 0 Å². The minimum atomic E-state index is -4.50. The number of benzene rings is 1. The molecule has 0 spiro atoms. The lowest BCUT2D eigenvalue weighted by Crippen LogP contribution is -2.19. The van der Waals surface area contributed by atoms with Gasteiger partial charge in [-0.15, -0.1) is 0 Å². The zero-order valence-electron chi connectivity index (χ0n) is 10.5. The lowest BCUT2D eigenvalue weighted by molar-refractivity contribution is -0.137. The van der Waals surface area contributed by atoms with Crippen LogP contribution in [0.3, 0.4) is 0 Å². The quantitative estimate of drug-likeness (QED) is 0.384. The maximum absolute atomic E-state index is 12.6. The molecule has 3 N–H and O–H groups in total. The van der Waals surface area contributed by atoms with E-state index in [2.05, 4.69) is 5.16 Å². The van der Waals surface area contributed by atoms with Crippen LogP contribution >= 0.6 is 0 Å². The summed E-state index contributed by atoms with van der Waals surface area (Å²) in [6.07, 6.45) is -4.02. The summed E-state index contributed by atoms with van der Waals surface area (Å²) in [6.45, 7) is 3.64. The molecule has 0 aliphatic carbocycles. The third kappa shape index (κ3) is 3.77. The Hall–Kier alpha value is -1.92. The fourth-order valence-electron chi connectivity index (χ4n) is 1.36. The van der Waals surface area contributed by atoms with E-state index >= 15 is 0 Å². The number of amidine groups is 1. The van der Waals surface area contributed by atoms with Crippen molar-refractivity contribution >= 4 is 5.84 Å². The first kappa shape index (κ1) is 15.1. The Morgan fingerprint density at radius 1 is 1.47 bits per heavy atom. The summed E-state index contributed by atoms with van der Waals surface area (Å²) in [5, 5.41) is 11.3. The lowest BCUT2D eigenvalue weighted by Gasteiger charge is -2.17. The minimum Gasteiger partial charge on any atom is -0.490 e. The van der Waals surface area contributed by atoms with Crippen molar-refractivity contribution in [3.63, 3.8) is 0 Å². The van der Waals surface area contributed by atoms with Gasteiger partial charge in [0, 0.05) is 0 Å². The van der Waals surface area contributed by atoms with Gasteiger partial charge >= 0.3 is 6.18 Å². The summed E-state index contributed by atoms with van der Waals surface area (Å²) < 4.78 is 43.3. The molecule has 0 saturated heterocycles. The van der Waals surface area contributed by atoms with Gasteiger partial charge in [0.05, 0.1) is 17.2 Å². The molecule has 0 aliphatic heterocycles. The largest absolute Gasteiger partial charge is 0.490 e. The third-order valence-electron chi connectivity index (χ3n) is 2.59. The predicted molar refractivity (Wildman–Crippen MR) is 64.3 cm³/mol. The van der Waals surface area contributed by atoms with Crippen molar-refractivity contribution in [2.75, 3.05) is 0 Å².